The zero-order chi connectivity index (χ0) is 13.9. The summed E-state index contributed by atoms with van der Waals surface area (Å²) < 4.78 is 5.74. The molecule has 0 amide bonds. The van der Waals surface area contributed by atoms with Crippen molar-refractivity contribution in [2.24, 2.45) is 0 Å². The molecule has 1 aromatic heterocycles. The quantitative estimate of drug-likeness (QED) is 0.909. The van der Waals surface area contributed by atoms with Gasteiger partial charge in [0.15, 0.2) is 5.82 Å². The Morgan fingerprint density at radius 2 is 1.95 bits per heavy atom. The lowest BCUT2D eigenvalue weighted by molar-refractivity contribution is 0.0221. The molecule has 4 nitrogen and oxygen atoms in total. The second kappa shape index (κ2) is 5.69. The smallest absolute Gasteiger partial charge is 0.159 e. The molecular formula is C16H19N3O. The van der Waals surface area contributed by atoms with E-state index in [-0.39, 0.29) is 6.10 Å². The first kappa shape index (κ1) is 13.2. The van der Waals surface area contributed by atoms with Crippen LogP contribution in [0.25, 0.3) is 11.3 Å². The van der Waals surface area contributed by atoms with E-state index in [2.05, 4.69) is 46.5 Å². The molecule has 0 saturated carbocycles. The number of aryl methyl sites for hydroxylation is 2. The van der Waals surface area contributed by atoms with Crippen molar-refractivity contribution in [3.05, 3.63) is 47.4 Å². The summed E-state index contributed by atoms with van der Waals surface area (Å²) >= 11 is 0. The average Bonchev–Trinajstić information content (AvgIpc) is 2.48. The fourth-order valence-corrected chi connectivity index (χ4v) is 2.34. The molecule has 1 fully saturated rings. The van der Waals surface area contributed by atoms with E-state index in [9.17, 15) is 0 Å². The highest BCUT2D eigenvalue weighted by Crippen LogP contribution is 2.22. The number of nitrogens with one attached hydrogen (secondary N) is 1. The summed E-state index contributed by atoms with van der Waals surface area (Å²) in [7, 11) is 0. The number of rotatable bonds is 2. The normalized spacial score (nSPS) is 19.0. The van der Waals surface area contributed by atoms with Gasteiger partial charge in [0.1, 0.15) is 6.10 Å². The van der Waals surface area contributed by atoms with Crippen LogP contribution >= 0.6 is 0 Å². The molecular weight excluding hydrogens is 250 g/mol. The van der Waals surface area contributed by atoms with E-state index >= 15 is 0 Å². The van der Waals surface area contributed by atoms with Crippen LogP contribution in [0, 0.1) is 13.8 Å². The summed E-state index contributed by atoms with van der Waals surface area (Å²) in [5.41, 5.74) is 4.30. The molecule has 0 bridgehead atoms. The van der Waals surface area contributed by atoms with E-state index in [1.54, 1.807) is 0 Å². The molecule has 0 radical (unpaired) electrons. The number of nitrogens with zero attached hydrogens (tertiary/aromatic N) is 2. The number of hydrogen-bond acceptors (Lipinski definition) is 4. The van der Waals surface area contributed by atoms with E-state index in [0.29, 0.717) is 6.61 Å². The van der Waals surface area contributed by atoms with Gasteiger partial charge in [0.25, 0.3) is 0 Å². The zero-order valence-corrected chi connectivity index (χ0v) is 11.9. The lowest BCUT2D eigenvalue weighted by atomic mass is 10.1. The number of morpholine rings is 1. The van der Waals surface area contributed by atoms with Gasteiger partial charge in [0, 0.05) is 24.3 Å². The minimum Gasteiger partial charge on any atom is -0.368 e. The summed E-state index contributed by atoms with van der Waals surface area (Å²) in [6.07, 6.45) is -0.0483. The maximum Gasteiger partial charge on any atom is 0.159 e. The van der Waals surface area contributed by atoms with Crippen LogP contribution in [0.4, 0.5) is 0 Å². The largest absolute Gasteiger partial charge is 0.368 e. The SMILES string of the molecule is Cc1ccc(-c2cc(C)nc(C3CNCCO3)n2)cc1. The molecule has 0 aliphatic carbocycles. The molecule has 2 heterocycles. The third-order valence-electron chi connectivity index (χ3n) is 3.43. The minimum absolute atomic E-state index is 0.0483. The van der Waals surface area contributed by atoms with Crippen LogP contribution in [0.1, 0.15) is 23.2 Å². The Balaban J connectivity index is 1.95. The highest BCUT2D eigenvalue weighted by atomic mass is 16.5. The Morgan fingerprint density at radius 3 is 2.65 bits per heavy atom. The van der Waals surface area contributed by atoms with Gasteiger partial charge >= 0.3 is 0 Å². The lowest BCUT2D eigenvalue weighted by Gasteiger charge is -2.23. The minimum atomic E-state index is -0.0483. The average molecular weight is 269 g/mol. The summed E-state index contributed by atoms with van der Waals surface area (Å²) in [5.74, 6) is 0.771. The number of benzene rings is 1. The summed E-state index contributed by atoms with van der Waals surface area (Å²) in [4.78, 5) is 9.21. The molecule has 3 rings (SSSR count). The topological polar surface area (TPSA) is 47.0 Å². The van der Waals surface area contributed by atoms with Crippen molar-refractivity contribution in [1.29, 1.82) is 0 Å². The number of ether oxygens (including phenoxy) is 1. The first-order chi connectivity index (χ1) is 9.72. The van der Waals surface area contributed by atoms with Crippen molar-refractivity contribution in [2.75, 3.05) is 19.7 Å². The Morgan fingerprint density at radius 1 is 1.15 bits per heavy atom. The molecule has 1 aliphatic heterocycles. The van der Waals surface area contributed by atoms with Crippen LogP contribution in [-0.2, 0) is 4.74 Å². The van der Waals surface area contributed by atoms with Gasteiger partial charge in [-0.25, -0.2) is 9.97 Å². The Labute approximate surface area is 119 Å². The first-order valence-electron chi connectivity index (χ1n) is 6.97. The summed E-state index contributed by atoms with van der Waals surface area (Å²) in [6.45, 7) is 6.47. The second-order valence-corrected chi connectivity index (χ2v) is 5.18. The fourth-order valence-electron chi connectivity index (χ4n) is 2.34. The summed E-state index contributed by atoms with van der Waals surface area (Å²) in [5, 5.41) is 3.31. The predicted octanol–water partition coefficient (Wildman–Crippen LogP) is 2.42. The summed E-state index contributed by atoms with van der Waals surface area (Å²) in [6, 6.07) is 10.4. The molecule has 1 aromatic carbocycles. The zero-order valence-electron chi connectivity index (χ0n) is 11.9. The molecule has 1 saturated heterocycles. The van der Waals surface area contributed by atoms with E-state index in [4.69, 9.17) is 4.74 Å². The Hall–Kier alpha value is -1.78. The molecule has 1 N–H and O–H groups in total. The van der Waals surface area contributed by atoms with Gasteiger partial charge in [-0.3, -0.25) is 0 Å². The highest BCUT2D eigenvalue weighted by Gasteiger charge is 2.19. The van der Waals surface area contributed by atoms with E-state index in [1.165, 1.54) is 5.56 Å². The van der Waals surface area contributed by atoms with E-state index in [1.807, 2.05) is 13.0 Å². The lowest BCUT2D eigenvalue weighted by Crippen LogP contribution is -2.34. The Kier molecular flexibility index (Phi) is 3.76. The van der Waals surface area contributed by atoms with E-state index in [0.717, 1.165) is 35.9 Å². The first-order valence-corrected chi connectivity index (χ1v) is 6.97. The molecule has 0 spiro atoms. The molecule has 1 aliphatic rings. The fraction of sp³-hybridized carbons (Fsp3) is 0.375. The molecule has 4 heteroatoms. The maximum absolute atomic E-state index is 5.74. The van der Waals surface area contributed by atoms with Crippen molar-refractivity contribution in [1.82, 2.24) is 15.3 Å². The number of hydrogen-bond donors (Lipinski definition) is 1. The predicted molar refractivity (Wildman–Crippen MR) is 78.5 cm³/mol. The van der Waals surface area contributed by atoms with Gasteiger partial charge in [0.05, 0.1) is 12.3 Å². The number of aromatic nitrogens is 2. The standard InChI is InChI=1S/C16H19N3O/c1-11-3-5-13(6-4-11)14-9-12(2)18-16(19-14)15-10-17-7-8-20-15/h3-6,9,15,17H,7-8,10H2,1-2H3. The molecule has 104 valence electrons. The van der Waals surface area contributed by atoms with Crippen molar-refractivity contribution >= 4 is 0 Å². The molecule has 1 atom stereocenters. The van der Waals surface area contributed by atoms with Gasteiger partial charge in [0.2, 0.25) is 0 Å². The van der Waals surface area contributed by atoms with Gasteiger partial charge < -0.3 is 10.1 Å². The van der Waals surface area contributed by atoms with Crippen molar-refractivity contribution in [2.45, 2.75) is 20.0 Å². The van der Waals surface area contributed by atoms with Crippen molar-refractivity contribution in [3.8, 4) is 11.3 Å². The van der Waals surface area contributed by atoms with Crippen LogP contribution in [0.15, 0.2) is 30.3 Å². The van der Waals surface area contributed by atoms with Crippen LogP contribution in [-0.4, -0.2) is 29.7 Å². The van der Waals surface area contributed by atoms with Gasteiger partial charge in [-0.05, 0) is 19.9 Å². The van der Waals surface area contributed by atoms with Gasteiger partial charge in [-0.2, -0.15) is 0 Å². The van der Waals surface area contributed by atoms with E-state index < -0.39 is 0 Å². The van der Waals surface area contributed by atoms with Crippen LogP contribution < -0.4 is 5.32 Å². The molecule has 20 heavy (non-hydrogen) atoms. The monoisotopic (exact) mass is 269 g/mol. The van der Waals surface area contributed by atoms with Gasteiger partial charge in [-0.15, -0.1) is 0 Å². The second-order valence-electron chi connectivity index (χ2n) is 5.18. The van der Waals surface area contributed by atoms with Gasteiger partial charge in [-0.1, -0.05) is 29.8 Å². The van der Waals surface area contributed by atoms with Crippen LogP contribution in [0.5, 0.6) is 0 Å². The third-order valence-corrected chi connectivity index (χ3v) is 3.43. The Bertz CT molecular complexity index is 589. The third kappa shape index (κ3) is 2.86. The van der Waals surface area contributed by atoms with Crippen molar-refractivity contribution in [3.63, 3.8) is 0 Å². The highest BCUT2D eigenvalue weighted by molar-refractivity contribution is 5.59. The van der Waals surface area contributed by atoms with Crippen LogP contribution in [0.2, 0.25) is 0 Å². The maximum atomic E-state index is 5.74. The van der Waals surface area contributed by atoms with Crippen molar-refractivity contribution < 1.29 is 4.74 Å². The molecule has 2 aromatic rings. The molecule has 1 unspecified atom stereocenters. The van der Waals surface area contributed by atoms with Crippen LogP contribution in [0.3, 0.4) is 0 Å².